The van der Waals surface area contributed by atoms with Crippen LogP contribution >= 0.6 is 0 Å². The van der Waals surface area contributed by atoms with E-state index in [-0.39, 0.29) is 5.82 Å². The van der Waals surface area contributed by atoms with Crippen molar-refractivity contribution in [3.05, 3.63) is 11.4 Å². The first-order chi connectivity index (χ1) is 5.66. The second kappa shape index (κ2) is 2.89. The Morgan fingerprint density at radius 1 is 1.75 bits per heavy atom. The maximum Gasteiger partial charge on any atom is 0.444 e. The summed E-state index contributed by atoms with van der Waals surface area (Å²) < 4.78 is 1.09. The topological polar surface area (TPSA) is 117 Å². The molecule has 0 saturated carbocycles. The Labute approximate surface area is 66.0 Å². The number of aliphatic carboxylic acids is 1. The fourth-order valence-electron chi connectivity index (χ4n) is 0.613. The smallest absolute Gasteiger partial charge is 0.444 e. The summed E-state index contributed by atoms with van der Waals surface area (Å²) >= 11 is 0. The van der Waals surface area contributed by atoms with Crippen LogP contribution in [-0.4, -0.2) is 41.8 Å². The molecule has 0 saturated heterocycles. The van der Waals surface area contributed by atoms with Gasteiger partial charge in [0.15, 0.2) is 0 Å². The van der Waals surface area contributed by atoms with E-state index >= 15 is 0 Å². The maximum absolute atomic E-state index is 10.4. The molecule has 1 heterocycles. The Kier molecular flexibility index (Phi) is 1.93. The van der Waals surface area contributed by atoms with Gasteiger partial charge in [-0.25, -0.2) is 9.48 Å². The molecule has 1 aromatic heterocycles. The highest BCUT2D eigenvalue weighted by Crippen LogP contribution is 1.89. The van der Waals surface area contributed by atoms with Crippen LogP contribution in [0.15, 0.2) is 0 Å². The SMILES string of the molecule is Cn1nnnc1C(=[N+]=[N-])C(=O)O. The summed E-state index contributed by atoms with van der Waals surface area (Å²) in [5.74, 6) is -1.50. The molecule has 8 heteroatoms. The fourth-order valence-corrected chi connectivity index (χ4v) is 0.613. The van der Waals surface area contributed by atoms with Crippen molar-refractivity contribution in [1.82, 2.24) is 20.2 Å². The van der Waals surface area contributed by atoms with Crippen molar-refractivity contribution < 1.29 is 14.7 Å². The van der Waals surface area contributed by atoms with Crippen LogP contribution in [0.5, 0.6) is 0 Å². The lowest BCUT2D eigenvalue weighted by Gasteiger charge is -1.86. The van der Waals surface area contributed by atoms with Crippen LogP contribution in [0.25, 0.3) is 5.53 Å². The van der Waals surface area contributed by atoms with E-state index in [4.69, 9.17) is 10.6 Å². The van der Waals surface area contributed by atoms with E-state index in [0.717, 1.165) is 4.68 Å². The quantitative estimate of drug-likeness (QED) is 0.321. The highest BCUT2D eigenvalue weighted by molar-refractivity contribution is 6.38. The predicted octanol–water partition coefficient (Wildman–Crippen LogP) is -1.69. The van der Waals surface area contributed by atoms with Gasteiger partial charge in [0.25, 0.3) is 5.82 Å². The van der Waals surface area contributed by atoms with Crippen LogP contribution < -0.4 is 0 Å². The van der Waals surface area contributed by atoms with Crippen molar-refractivity contribution >= 4 is 11.7 Å². The minimum atomic E-state index is -1.39. The number of nitrogens with zero attached hydrogens (tertiary/aromatic N) is 6. The van der Waals surface area contributed by atoms with E-state index in [9.17, 15) is 4.79 Å². The monoisotopic (exact) mass is 168 g/mol. The molecule has 1 rings (SSSR count). The third-order valence-corrected chi connectivity index (χ3v) is 1.13. The molecule has 0 unspecified atom stereocenters. The number of tetrazole rings is 1. The number of carboxylic acids is 1. The standard InChI is InChI=1S/C4H4N6O2/c1-10-3(7-8-9-10)2(6-5)4(11)12/h1H3,(H,11,12). The number of hydrogen-bond donors (Lipinski definition) is 1. The van der Waals surface area contributed by atoms with Crippen molar-refractivity contribution in [1.29, 1.82) is 0 Å². The molecule has 12 heavy (non-hydrogen) atoms. The van der Waals surface area contributed by atoms with Gasteiger partial charge in [-0.15, -0.1) is 5.10 Å². The number of rotatable bonds is 2. The third kappa shape index (κ3) is 1.18. The Morgan fingerprint density at radius 3 is 2.75 bits per heavy atom. The minimum Gasteiger partial charge on any atom is -0.472 e. The molecule has 8 nitrogen and oxygen atoms in total. The second-order valence-electron chi connectivity index (χ2n) is 1.88. The first kappa shape index (κ1) is 8.02. The van der Waals surface area contributed by atoms with Crippen LogP contribution in [0.4, 0.5) is 0 Å². The maximum atomic E-state index is 10.4. The van der Waals surface area contributed by atoms with Gasteiger partial charge in [-0.05, 0) is 10.4 Å². The first-order valence-corrected chi connectivity index (χ1v) is 2.85. The van der Waals surface area contributed by atoms with Crippen molar-refractivity contribution in [3.63, 3.8) is 0 Å². The average molecular weight is 168 g/mol. The number of carbonyl (C=O) groups is 1. The molecule has 0 aliphatic heterocycles. The van der Waals surface area contributed by atoms with E-state index in [1.54, 1.807) is 0 Å². The molecule has 0 bridgehead atoms. The van der Waals surface area contributed by atoms with Gasteiger partial charge in [0, 0.05) is 7.05 Å². The molecule has 0 aromatic carbocycles. The lowest BCUT2D eigenvalue weighted by molar-refractivity contribution is -0.133. The predicted molar refractivity (Wildman–Crippen MR) is 34.2 cm³/mol. The summed E-state index contributed by atoms with van der Waals surface area (Å²) in [5.41, 5.74) is 7.70. The number of aryl methyl sites for hydroxylation is 1. The van der Waals surface area contributed by atoms with Gasteiger partial charge in [-0.3, -0.25) is 0 Å². The van der Waals surface area contributed by atoms with Crippen molar-refractivity contribution in [3.8, 4) is 0 Å². The van der Waals surface area contributed by atoms with Gasteiger partial charge in [0.1, 0.15) is 0 Å². The van der Waals surface area contributed by atoms with Crippen molar-refractivity contribution in [2.45, 2.75) is 0 Å². The summed E-state index contributed by atoms with van der Waals surface area (Å²) in [6.45, 7) is 0. The van der Waals surface area contributed by atoms with Crippen molar-refractivity contribution in [2.75, 3.05) is 0 Å². The summed E-state index contributed by atoms with van der Waals surface area (Å²) in [6, 6.07) is 0. The Bertz CT molecular complexity index is 361. The van der Waals surface area contributed by atoms with E-state index in [2.05, 4.69) is 20.3 Å². The molecule has 0 radical (unpaired) electrons. The third-order valence-electron chi connectivity index (χ3n) is 1.13. The van der Waals surface area contributed by atoms with Crippen LogP contribution in [0, 0.1) is 0 Å². The molecule has 0 amide bonds. The lowest BCUT2D eigenvalue weighted by Crippen LogP contribution is -2.20. The molecular weight excluding hydrogens is 164 g/mol. The number of hydrogen-bond acceptors (Lipinski definition) is 4. The van der Waals surface area contributed by atoms with Gasteiger partial charge in [0.05, 0.1) is 0 Å². The highest BCUT2D eigenvalue weighted by atomic mass is 16.4. The van der Waals surface area contributed by atoms with E-state index in [0.29, 0.717) is 0 Å². The van der Waals surface area contributed by atoms with Gasteiger partial charge < -0.3 is 10.6 Å². The largest absolute Gasteiger partial charge is 0.472 e. The number of carboxylic acid groups (broad SMARTS) is 1. The van der Waals surface area contributed by atoms with Crippen molar-refractivity contribution in [2.24, 2.45) is 7.05 Å². The molecule has 0 spiro atoms. The zero-order chi connectivity index (χ0) is 9.14. The van der Waals surface area contributed by atoms with E-state index < -0.39 is 11.7 Å². The summed E-state index contributed by atoms with van der Waals surface area (Å²) in [7, 11) is 1.43. The lowest BCUT2D eigenvalue weighted by atomic mass is 10.3. The molecular formula is C4H4N6O2. The normalized spacial score (nSPS) is 9.08. The first-order valence-electron chi connectivity index (χ1n) is 2.85. The van der Waals surface area contributed by atoms with E-state index in [1.165, 1.54) is 7.05 Å². The Hall–Kier alpha value is -2.08. The van der Waals surface area contributed by atoms with Gasteiger partial charge >= 0.3 is 11.7 Å². The van der Waals surface area contributed by atoms with E-state index in [1.807, 2.05) is 0 Å². The molecule has 0 aliphatic rings. The molecule has 0 aliphatic carbocycles. The summed E-state index contributed by atoms with van der Waals surface area (Å²) in [4.78, 5) is 12.9. The number of aromatic nitrogens is 4. The molecule has 1 aromatic rings. The Morgan fingerprint density at radius 2 is 2.42 bits per heavy atom. The molecule has 0 atom stereocenters. The fraction of sp³-hybridized carbons (Fsp3) is 0.250. The van der Waals surface area contributed by atoms with Crippen LogP contribution in [0.2, 0.25) is 0 Å². The second-order valence-corrected chi connectivity index (χ2v) is 1.88. The average Bonchev–Trinajstić information content (AvgIpc) is 2.38. The van der Waals surface area contributed by atoms with Crippen LogP contribution in [0.1, 0.15) is 5.82 Å². The van der Waals surface area contributed by atoms with Crippen LogP contribution in [0.3, 0.4) is 0 Å². The molecule has 62 valence electrons. The molecule has 1 N–H and O–H groups in total. The zero-order valence-corrected chi connectivity index (χ0v) is 6.04. The van der Waals surface area contributed by atoms with Crippen LogP contribution in [-0.2, 0) is 11.8 Å². The summed E-state index contributed by atoms with van der Waals surface area (Å²) in [5, 5.41) is 18.4. The zero-order valence-electron chi connectivity index (χ0n) is 6.04. The van der Waals surface area contributed by atoms with Gasteiger partial charge in [-0.1, -0.05) is 0 Å². The van der Waals surface area contributed by atoms with Gasteiger partial charge in [0.2, 0.25) is 0 Å². The van der Waals surface area contributed by atoms with Gasteiger partial charge in [-0.2, -0.15) is 4.79 Å². The Balaban J connectivity index is 3.22. The summed E-state index contributed by atoms with van der Waals surface area (Å²) in [6.07, 6.45) is 0. The minimum absolute atomic E-state index is 0.106. The highest BCUT2D eigenvalue weighted by Gasteiger charge is 2.27. The molecule has 0 fully saturated rings.